The van der Waals surface area contributed by atoms with E-state index in [0.717, 1.165) is 35.2 Å². The summed E-state index contributed by atoms with van der Waals surface area (Å²) < 4.78 is 15.2. The molecule has 2 atom stereocenters. The van der Waals surface area contributed by atoms with Crippen molar-refractivity contribution in [1.82, 2.24) is 15.1 Å². The Morgan fingerprint density at radius 2 is 2.26 bits per heavy atom. The van der Waals surface area contributed by atoms with Crippen LogP contribution in [-0.2, 0) is 7.05 Å². The number of rotatable bonds is 5. The topological polar surface area (TPSA) is 46.9 Å². The van der Waals surface area contributed by atoms with Crippen LogP contribution >= 0.6 is 0 Å². The lowest BCUT2D eigenvalue weighted by molar-refractivity contribution is 0.0956. The van der Waals surface area contributed by atoms with Crippen LogP contribution in [0, 0.1) is 24.7 Å². The molecule has 2 rings (SSSR count). The van der Waals surface area contributed by atoms with E-state index in [2.05, 4.69) is 43.3 Å². The molecular formula is C18H26FN3O. The summed E-state index contributed by atoms with van der Waals surface area (Å²) in [6.07, 6.45) is 7.28. The first-order valence-electron chi connectivity index (χ1n) is 8.27. The van der Waals surface area contributed by atoms with Crippen molar-refractivity contribution in [2.24, 2.45) is 18.9 Å². The first-order valence-corrected chi connectivity index (χ1v) is 8.27. The number of amides is 1. The molecule has 1 aliphatic rings. The maximum Gasteiger partial charge on any atom is 0.261 e. The highest BCUT2D eigenvalue weighted by atomic mass is 19.1. The largest absolute Gasteiger partial charge is 0.325 e. The fourth-order valence-corrected chi connectivity index (χ4v) is 3.18. The molecule has 0 spiro atoms. The second-order valence-corrected chi connectivity index (χ2v) is 6.43. The Kier molecular flexibility index (Phi) is 5.39. The average molecular weight is 319 g/mol. The summed E-state index contributed by atoms with van der Waals surface area (Å²) in [4.78, 5) is 12.6. The van der Waals surface area contributed by atoms with Crippen LogP contribution in [-0.4, -0.2) is 15.7 Å². The van der Waals surface area contributed by atoms with E-state index in [1.54, 1.807) is 6.92 Å². The molecular weight excluding hydrogens is 293 g/mol. The van der Waals surface area contributed by atoms with Crippen LogP contribution in [0.2, 0.25) is 0 Å². The zero-order valence-electron chi connectivity index (χ0n) is 14.6. The minimum Gasteiger partial charge on any atom is -0.325 e. The first-order chi connectivity index (χ1) is 10.9. The van der Waals surface area contributed by atoms with Crippen molar-refractivity contribution in [3.8, 4) is 0 Å². The molecule has 23 heavy (non-hydrogen) atoms. The van der Waals surface area contributed by atoms with E-state index in [-0.39, 0.29) is 11.5 Å². The lowest BCUT2D eigenvalue weighted by Gasteiger charge is -2.26. The summed E-state index contributed by atoms with van der Waals surface area (Å²) in [7, 11) is 1.50. The van der Waals surface area contributed by atoms with Crippen LogP contribution < -0.4 is 5.32 Å². The standard InChI is InChI=1S/C18H26FN3O/c1-6-8-11(2)14-10-7-9-12(3)16(14)20-18(23)15-13(4)21-22(5)17(15)19/h7,10-12H,6,8-9H2,1-5H3,(H,20,23). The molecule has 0 radical (unpaired) electrons. The molecule has 1 aromatic heterocycles. The van der Waals surface area contributed by atoms with Gasteiger partial charge < -0.3 is 5.32 Å². The van der Waals surface area contributed by atoms with E-state index >= 15 is 0 Å². The monoisotopic (exact) mass is 319 g/mol. The molecule has 0 fully saturated rings. The van der Waals surface area contributed by atoms with Crippen molar-refractivity contribution < 1.29 is 9.18 Å². The van der Waals surface area contributed by atoms with Gasteiger partial charge in [0.15, 0.2) is 0 Å². The summed E-state index contributed by atoms with van der Waals surface area (Å²) in [5.74, 6) is -0.415. The Hall–Kier alpha value is -1.91. The molecule has 1 N–H and O–H groups in total. The van der Waals surface area contributed by atoms with Gasteiger partial charge in [-0.1, -0.05) is 39.3 Å². The van der Waals surface area contributed by atoms with Gasteiger partial charge in [0.25, 0.3) is 5.91 Å². The van der Waals surface area contributed by atoms with E-state index in [1.807, 2.05) is 0 Å². The smallest absolute Gasteiger partial charge is 0.261 e. The third kappa shape index (κ3) is 3.54. The Bertz CT molecular complexity index is 657. The predicted octanol–water partition coefficient (Wildman–Crippen LogP) is 3.88. The lowest BCUT2D eigenvalue weighted by Crippen LogP contribution is -2.30. The molecule has 1 aromatic rings. The van der Waals surface area contributed by atoms with Crippen LogP contribution in [0.1, 0.15) is 56.1 Å². The number of nitrogens with one attached hydrogen (secondary N) is 1. The van der Waals surface area contributed by atoms with Gasteiger partial charge in [0.05, 0.1) is 5.69 Å². The van der Waals surface area contributed by atoms with Crippen LogP contribution in [0.4, 0.5) is 4.39 Å². The lowest BCUT2D eigenvalue weighted by atomic mass is 9.85. The van der Waals surface area contributed by atoms with Crippen LogP contribution in [0.5, 0.6) is 0 Å². The number of nitrogens with zero attached hydrogens (tertiary/aromatic N) is 2. The molecule has 4 nitrogen and oxygen atoms in total. The third-order valence-corrected chi connectivity index (χ3v) is 4.47. The molecule has 1 amide bonds. The first kappa shape index (κ1) is 17.4. The zero-order chi connectivity index (χ0) is 17.1. The SMILES string of the molecule is CCCC(C)C1=C(NC(=O)c2c(C)nn(C)c2F)C(C)CC=C1. The number of allylic oxidation sites excluding steroid dienone is 4. The van der Waals surface area contributed by atoms with Crippen LogP contribution in [0.25, 0.3) is 0 Å². The molecule has 0 aromatic carbocycles. The highest BCUT2D eigenvalue weighted by Crippen LogP contribution is 2.30. The van der Waals surface area contributed by atoms with Crippen LogP contribution in [0.3, 0.4) is 0 Å². The van der Waals surface area contributed by atoms with E-state index in [0.29, 0.717) is 11.6 Å². The van der Waals surface area contributed by atoms with Gasteiger partial charge in [0.2, 0.25) is 5.95 Å². The second-order valence-electron chi connectivity index (χ2n) is 6.43. The molecule has 0 aliphatic heterocycles. The van der Waals surface area contributed by atoms with Crippen LogP contribution in [0.15, 0.2) is 23.4 Å². The van der Waals surface area contributed by atoms with Gasteiger partial charge >= 0.3 is 0 Å². The average Bonchev–Trinajstić information content (AvgIpc) is 2.74. The molecule has 1 heterocycles. The maximum atomic E-state index is 14.1. The summed E-state index contributed by atoms with van der Waals surface area (Å²) >= 11 is 0. The molecule has 5 heteroatoms. The Labute approximate surface area is 137 Å². The van der Waals surface area contributed by atoms with Crippen molar-refractivity contribution in [2.45, 2.75) is 47.0 Å². The number of carbonyl (C=O) groups excluding carboxylic acids is 1. The van der Waals surface area contributed by atoms with Gasteiger partial charge in [-0.05, 0) is 37.2 Å². The molecule has 1 aliphatic carbocycles. The van der Waals surface area contributed by atoms with Gasteiger partial charge in [-0.25, -0.2) is 4.68 Å². The minimum absolute atomic E-state index is 0.0317. The predicted molar refractivity (Wildman–Crippen MR) is 89.4 cm³/mol. The molecule has 0 saturated heterocycles. The van der Waals surface area contributed by atoms with Crippen molar-refractivity contribution in [3.63, 3.8) is 0 Å². The van der Waals surface area contributed by atoms with Gasteiger partial charge in [0, 0.05) is 12.7 Å². The maximum absolute atomic E-state index is 14.1. The Morgan fingerprint density at radius 1 is 1.57 bits per heavy atom. The summed E-state index contributed by atoms with van der Waals surface area (Å²) in [6, 6.07) is 0. The van der Waals surface area contributed by atoms with E-state index in [9.17, 15) is 9.18 Å². The molecule has 0 saturated carbocycles. The number of halogens is 1. The highest BCUT2D eigenvalue weighted by molar-refractivity contribution is 5.96. The Balaban J connectivity index is 2.33. The van der Waals surface area contributed by atoms with Crippen molar-refractivity contribution in [1.29, 1.82) is 0 Å². The molecule has 0 bridgehead atoms. The molecule has 2 unspecified atom stereocenters. The number of aromatic nitrogens is 2. The van der Waals surface area contributed by atoms with E-state index in [4.69, 9.17) is 0 Å². The summed E-state index contributed by atoms with van der Waals surface area (Å²) in [5, 5.41) is 6.94. The quantitative estimate of drug-likeness (QED) is 0.895. The third-order valence-electron chi connectivity index (χ3n) is 4.47. The number of hydrogen-bond acceptors (Lipinski definition) is 2. The van der Waals surface area contributed by atoms with E-state index < -0.39 is 11.9 Å². The molecule has 126 valence electrons. The normalized spacial score (nSPS) is 19.1. The zero-order valence-corrected chi connectivity index (χ0v) is 14.6. The summed E-state index contributed by atoms with van der Waals surface area (Å²) in [6.45, 7) is 8.06. The van der Waals surface area contributed by atoms with Crippen molar-refractivity contribution in [3.05, 3.63) is 40.6 Å². The second kappa shape index (κ2) is 7.11. The highest BCUT2D eigenvalue weighted by Gasteiger charge is 2.25. The van der Waals surface area contributed by atoms with Crippen molar-refractivity contribution in [2.75, 3.05) is 0 Å². The number of aryl methyl sites for hydroxylation is 2. The van der Waals surface area contributed by atoms with Gasteiger partial charge in [-0.2, -0.15) is 9.49 Å². The van der Waals surface area contributed by atoms with Gasteiger partial charge in [-0.3, -0.25) is 4.79 Å². The Morgan fingerprint density at radius 3 is 2.83 bits per heavy atom. The fraction of sp³-hybridized carbons (Fsp3) is 0.556. The number of carbonyl (C=O) groups is 1. The summed E-state index contributed by atoms with van der Waals surface area (Å²) in [5.41, 5.74) is 2.51. The van der Waals surface area contributed by atoms with Crippen molar-refractivity contribution >= 4 is 5.91 Å². The van der Waals surface area contributed by atoms with Gasteiger partial charge in [0.1, 0.15) is 5.56 Å². The van der Waals surface area contributed by atoms with Gasteiger partial charge in [-0.15, -0.1) is 0 Å². The van der Waals surface area contributed by atoms with E-state index in [1.165, 1.54) is 7.05 Å². The minimum atomic E-state index is -0.595. The number of hydrogen-bond donors (Lipinski definition) is 1. The fourth-order valence-electron chi connectivity index (χ4n) is 3.18.